The van der Waals surface area contributed by atoms with E-state index >= 15 is 0 Å². The fourth-order valence-corrected chi connectivity index (χ4v) is 5.97. The Morgan fingerprint density at radius 2 is 1.68 bits per heavy atom. The van der Waals surface area contributed by atoms with Gasteiger partial charge in [0.25, 0.3) is 0 Å². The number of amides is 3. The van der Waals surface area contributed by atoms with E-state index < -0.39 is 6.04 Å². The molecule has 1 aromatic carbocycles. The number of hydrogen-bond donors (Lipinski definition) is 1. The van der Waals surface area contributed by atoms with Crippen molar-refractivity contribution in [3.63, 3.8) is 0 Å². The van der Waals surface area contributed by atoms with Gasteiger partial charge in [0.2, 0.25) is 17.7 Å². The van der Waals surface area contributed by atoms with E-state index in [-0.39, 0.29) is 41.4 Å². The quantitative estimate of drug-likeness (QED) is 0.586. The maximum atomic E-state index is 13.0. The first kappa shape index (κ1) is 20.4. The molecule has 0 unspecified atom stereocenters. The van der Waals surface area contributed by atoms with Crippen molar-refractivity contribution in [2.24, 2.45) is 23.7 Å². The normalized spacial score (nSPS) is 31.1. The first-order chi connectivity index (χ1) is 15.0. The van der Waals surface area contributed by atoms with Crippen molar-refractivity contribution >= 4 is 23.4 Å². The van der Waals surface area contributed by atoms with Gasteiger partial charge in [0.15, 0.2) is 0 Å². The van der Waals surface area contributed by atoms with Gasteiger partial charge >= 0.3 is 0 Å². The lowest BCUT2D eigenvalue weighted by molar-refractivity contribution is -0.146. The summed E-state index contributed by atoms with van der Waals surface area (Å²) in [6, 6.07) is 7.10. The van der Waals surface area contributed by atoms with Gasteiger partial charge < -0.3 is 5.32 Å². The number of likely N-dealkylation sites (tertiary alicyclic amines) is 2. The molecule has 2 saturated heterocycles. The highest BCUT2D eigenvalue weighted by atomic mass is 16.2. The number of rotatable bonds is 5. The molecule has 0 aromatic heterocycles. The molecule has 1 aromatic rings. The van der Waals surface area contributed by atoms with Crippen LogP contribution in [-0.2, 0) is 20.9 Å². The molecule has 164 valence electrons. The zero-order valence-corrected chi connectivity index (χ0v) is 18.1. The third-order valence-corrected chi connectivity index (χ3v) is 7.57. The van der Waals surface area contributed by atoms with Crippen LogP contribution in [0.1, 0.15) is 44.6 Å². The van der Waals surface area contributed by atoms with Gasteiger partial charge in [0.1, 0.15) is 6.04 Å². The first-order valence-electron chi connectivity index (χ1n) is 11.7. The number of nitrogens with one attached hydrogen (secondary N) is 1. The summed E-state index contributed by atoms with van der Waals surface area (Å²) in [6.45, 7) is 4.77. The largest absolute Gasteiger partial charge is 0.324 e. The topological polar surface area (TPSA) is 69.7 Å². The van der Waals surface area contributed by atoms with Crippen LogP contribution in [0.4, 0.5) is 5.69 Å². The lowest BCUT2D eigenvalue weighted by Gasteiger charge is -2.24. The summed E-state index contributed by atoms with van der Waals surface area (Å²) in [6.07, 6.45) is 10.1. The number of benzene rings is 1. The molecule has 1 saturated carbocycles. The SMILES string of the molecule is C[C@H](C(=O)Nc1cccc(CN2CCCCCC2)c1)N1C(=O)[C@@H]2[C@H](C1=O)[C@H]1C=C[C@H]2C1. The molecular weight excluding hydrogens is 390 g/mol. The Morgan fingerprint density at radius 1 is 1.03 bits per heavy atom. The molecule has 6 heteroatoms. The number of fused-ring (bicyclic) bond motifs is 5. The van der Waals surface area contributed by atoms with Crippen LogP contribution in [0.15, 0.2) is 36.4 Å². The van der Waals surface area contributed by atoms with E-state index in [1.165, 1.54) is 30.6 Å². The van der Waals surface area contributed by atoms with E-state index in [1.807, 2.05) is 18.2 Å². The van der Waals surface area contributed by atoms with E-state index in [4.69, 9.17) is 0 Å². The molecule has 4 aliphatic rings. The summed E-state index contributed by atoms with van der Waals surface area (Å²) < 4.78 is 0. The van der Waals surface area contributed by atoms with Crippen molar-refractivity contribution in [1.29, 1.82) is 0 Å². The predicted octanol–water partition coefficient (Wildman–Crippen LogP) is 3.20. The Morgan fingerprint density at radius 3 is 2.32 bits per heavy atom. The van der Waals surface area contributed by atoms with Gasteiger partial charge in [-0.3, -0.25) is 24.2 Å². The van der Waals surface area contributed by atoms with Crippen molar-refractivity contribution in [2.75, 3.05) is 18.4 Å². The summed E-state index contributed by atoms with van der Waals surface area (Å²) in [5.41, 5.74) is 1.88. The van der Waals surface area contributed by atoms with Crippen LogP contribution in [0.5, 0.6) is 0 Å². The fraction of sp³-hybridized carbons (Fsp3) is 0.560. The minimum Gasteiger partial charge on any atom is -0.324 e. The van der Waals surface area contributed by atoms with Crippen molar-refractivity contribution in [3.8, 4) is 0 Å². The smallest absolute Gasteiger partial charge is 0.247 e. The van der Waals surface area contributed by atoms with E-state index in [0.29, 0.717) is 5.69 Å². The molecule has 0 radical (unpaired) electrons. The van der Waals surface area contributed by atoms with Crippen LogP contribution in [0.2, 0.25) is 0 Å². The third-order valence-electron chi connectivity index (χ3n) is 7.57. The standard InChI is InChI=1S/C25H31N3O3/c1-16(28-24(30)21-18-9-10-19(14-18)22(21)25(28)31)23(29)26-20-8-6-7-17(13-20)15-27-11-4-2-3-5-12-27/h6-10,13,16,18-19,21-22H,2-5,11-12,14-15H2,1H3,(H,26,29)/t16-,18+,19+,21-,22+/m1/s1. The minimum absolute atomic E-state index is 0.155. The highest BCUT2D eigenvalue weighted by Crippen LogP contribution is 2.52. The average molecular weight is 422 g/mol. The fourth-order valence-electron chi connectivity index (χ4n) is 5.97. The second-order valence-corrected chi connectivity index (χ2v) is 9.60. The molecule has 5 rings (SSSR count). The van der Waals surface area contributed by atoms with Crippen molar-refractivity contribution < 1.29 is 14.4 Å². The number of carbonyl (C=O) groups excluding carboxylic acids is 3. The maximum Gasteiger partial charge on any atom is 0.247 e. The lowest BCUT2D eigenvalue weighted by atomic mass is 9.85. The first-order valence-corrected chi connectivity index (χ1v) is 11.7. The van der Waals surface area contributed by atoms with E-state index in [1.54, 1.807) is 6.92 Å². The summed E-state index contributed by atoms with van der Waals surface area (Å²) in [7, 11) is 0. The van der Waals surface area contributed by atoms with Crippen LogP contribution < -0.4 is 5.32 Å². The van der Waals surface area contributed by atoms with E-state index in [2.05, 4.69) is 28.4 Å². The van der Waals surface area contributed by atoms with E-state index in [0.717, 1.165) is 31.6 Å². The second kappa shape index (κ2) is 8.23. The number of allylic oxidation sites excluding steroid dienone is 2. The van der Waals surface area contributed by atoms with Gasteiger partial charge in [-0.25, -0.2) is 0 Å². The zero-order chi connectivity index (χ0) is 21.5. The van der Waals surface area contributed by atoms with Crippen molar-refractivity contribution in [2.45, 2.75) is 51.6 Å². The summed E-state index contributed by atoms with van der Waals surface area (Å²) >= 11 is 0. The monoisotopic (exact) mass is 421 g/mol. The molecule has 31 heavy (non-hydrogen) atoms. The van der Waals surface area contributed by atoms with Crippen LogP contribution in [-0.4, -0.2) is 46.7 Å². The number of carbonyl (C=O) groups is 3. The van der Waals surface area contributed by atoms with Gasteiger partial charge in [-0.05, 0) is 68.8 Å². The van der Waals surface area contributed by atoms with Gasteiger partial charge in [-0.15, -0.1) is 0 Å². The maximum absolute atomic E-state index is 13.0. The molecule has 3 fully saturated rings. The number of nitrogens with zero attached hydrogens (tertiary/aromatic N) is 2. The van der Waals surface area contributed by atoms with Crippen molar-refractivity contribution in [3.05, 3.63) is 42.0 Å². The van der Waals surface area contributed by atoms with Crippen LogP contribution in [0.3, 0.4) is 0 Å². The molecule has 2 heterocycles. The Bertz CT molecular complexity index is 888. The Hall–Kier alpha value is -2.47. The summed E-state index contributed by atoms with van der Waals surface area (Å²) in [4.78, 5) is 42.6. The molecule has 5 atom stereocenters. The Kier molecular flexibility index (Phi) is 5.42. The molecule has 6 nitrogen and oxygen atoms in total. The molecule has 2 bridgehead atoms. The number of imide groups is 1. The number of anilines is 1. The number of hydrogen-bond acceptors (Lipinski definition) is 4. The minimum atomic E-state index is -0.806. The molecule has 3 amide bonds. The Balaban J connectivity index is 1.24. The molecule has 1 N–H and O–H groups in total. The van der Waals surface area contributed by atoms with Gasteiger partial charge in [0, 0.05) is 12.2 Å². The molecule has 2 aliphatic heterocycles. The van der Waals surface area contributed by atoms with Gasteiger partial charge in [0.05, 0.1) is 11.8 Å². The third kappa shape index (κ3) is 3.71. The zero-order valence-electron chi connectivity index (χ0n) is 18.1. The molecule has 0 spiro atoms. The van der Waals surface area contributed by atoms with E-state index in [9.17, 15) is 14.4 Å². The van der Waals surface area contributed by atoms with Crippen LogP contribution in [0, 0.1) is 23.7 Å². The van der Waals surface area contributed by atoms with Gasteiger partial charge in [-0.2, -0.15) is 0 Å². The average Bonchev–Trinajstić information content (AvgIpc) is 3.37. The molecular formula is C25H31N3O3. The molecule has 2 aliphatic carbocycles. The lowest BCUT2D eigenvalue weighted by Crippen LogP contribution is -2.46. The highest BCUT2D eigenvalue weighted by Gasteiger charge is 2.60. The second-order valence-electron chi connectivity index (χ2n) is 9.60. The summed E-state index contributed by atoms with van der Waals surface area (Å²) in [5, 5.41) is 2.93. The summed E-state index contributed by atoms with van der Waals surface area (Å²) in [5.74, 6) is -0.892. The van der Waals surface area contributed by atoms with Crippen molar-refractivity contribution in [1.82, 2.24) is 9.80 Å². The van der Waals surface area contributed by atoms with Gasteiger partial charge in [-0.1, -0.05) is 37.1 Å². The van der Waals surface area contributed by atoms with Crippen LogP contribution in [0.25, 0.3) is 0 Å². The Labute approximate surface area is 183 Å². The van der Waals surface area contributed by atoms with Crippen LogP contribution >= 0.6 is 0 Å². The predicted molar refractivity (Wildman–Crippen MR) is 118 cm³/mol. The highest BCUT2D eigenvalue weighted by molar-refractivity contribution is 6.10.